The van der Waals surface area contributed by atoms with Gasteiger partial charge in [0.2, 0.25) is 5.91 Å². The van der Waals surface area contributed by atoms with Gasteiger partial charge in [-0.1, -0.05) is 32.1 Å². The van der Waals surface area contributed by atoms with E-state index in [1.807, 2.05) is 0 Å². The van der Waals surface area contributed by atoms with Gasteiger partial charge in [0, 0.05) is 6.04 Å². The third-order valence-corrected chi connectivity index (χ3v) is 3.98. The normalized spacial score (nSPS) is 18.3. The maximum absolute atomic E-state index is 12.2. The van der Waals surface area contributed by atoms with Crippen molar-refractivity contribution in [1.82, 2.24) is 10.6 Å². The molecule has 5 heteroatoms. The molecular formula is C16H24N2O3. The lowest BCUT2D eigenvalue weighted by molar-refractivity contribution is -0.123. The second-order valence-electron chi connectivity index (χ2n) is 5.76. The largest absolute Gasteiger partial charge is 0.472 e. The summed E-state index contributed by atoms with van der Waals surface area (Å²) in [6.07, 6.45) is 11.0. The Labute approximate surface area is 125 Å². The number of furan rings is 1. The van der Waals surface area contributed by atoms with Crippen molar-refractivity contribution in [2.24, 2.45) is 0 Å². The van der Waals surface area contributed by atoms with Crippen molar-refractivity contribution in [2.45, 2.75) is 64.0 Å². The number of hydrogen-bond acceptors (Lipinski definition) is 3. The Kier molecular flexibility index (Phi) is 5.84. The molecule has 1 aromatic heterocycles. The minimum Gasteiger partial charge on any atom is -0.472 e. The van der Waals surface area contributed by atoms with Gasteiger partial charge < -0.3 is 15.1 Å². The average Bonchev–Trinajstić information content (AvgIpc) is 2.95. The van der Waals surface area contributed by atoms with E-state index in [1.165, 1.54) is 44.6 Å². The SMILES string of the molecule is CC(NC(=O)c1ccoc1)C(=O)NC1CCCCCCC1. The van der Waals surface area contributed by atoms with Gasteiger partial charge in [-0.3, -0.25) is 9.59 Å². The number of hydrogen-bond donors (Lipinski definition) is 2. The van der Waals surface area contributed by atoms with E-state index in [9.17, 15) is 9.59 Å². The predicted molar refractivity (Wildman–Crippen MR) is 79.9 cm³/mol. The zero-order chi connectivity index (χ0) is 15.1. The molecule has 2 N–H and O–H groups in total. The topological polar surface area (TPSA) is 71.3 Å². The Morgan fingerprint density at radius 1 is 1.19 bits per heavy atom. The zero-order valence-electron chi connectivity index (χ0n) is 12.6. The molecule has 0 aliphatic heterocycles. The van der Waals surface area contributed by atoms with Gasteiger partial charge in [-0.05, 0) is 25.8 Å². The van der Waals surface area contributed by atoms with Crippen molar-refractivity contribution in [3.8, 4) is 0 Å². The van der Waals surface area contributed by atoms with Gasteiger partial charge in [0.05, 0.1) is 11.8 Å². The number of nitrogens with one attached hydrogen (secondary N) is 2. The molecule has 0 bridgehead atoms. The van der Waals surface area contributed by atoms with Crippen LogP contribution in [0.2, 0.25) is 0 Å². The van der Waals surface area contributed by atoms with Crippen LogP contribution in [0.25, 0.3) is 0 Å². The predicted octanol–water partition coefficient (Wildman–Crippen LogP) is 2.63. The van der Waals surface area contributed by atoms with Crippen LogP contribution in [0.1, 0.15) is 62.2 Å². The number of carbonyl (C=O) groups excluding carboxylic acids is 2. The van der Waals surface area contributed by atoms with Gasteiger partial charge in [0.25, 0.3) is 5.91 Å². The molecule has 2 rings (SSSR count). The van der Waals surface area contributed by atoms with Crippen LogP contribution in [0.3, 0.4) is 0 Å². The highest BCUT2D eigenvalue weighted by Crippen LogP contribution is 2.17. The van der Waals surface area contributed by atoms with E-state index in [4.69, 9.17) is 4.42 Å². The zero-order valence-corrected chi connectivity index (χ0v) is 12.6. The fraction of sp³-hybridized carbons (Fsp3) is 0.625. The molecule has 1 atom stereocenters. The Morgan fingerprint density at radius 3 is 2.48 bits per heavy atom. The molecule has 1 aliphatic rings. The quantitative estimate of drug-likeness (QED) is 0.896. The van der Waals surface area contributed by atoms with E-state index < -0.39 is 6.04 Å². The van der Waals surface area contributed by atoms with Crippen LogP contribution in [0.5, 0.6) is 0 Å². The van der Waals surface area contributed by atoms with Crippen LogP contribution >= 0.6 is 0 Å². The smallest absolute Gasteiger partial charge is 0.255 e. The van der Waals surface area contributed by atoms with Gasteiger partial charge >= 0.3 is 0 Å². The van der Waals surface area contributed by atoms with Gasteiger partial charge in [-0.2, -0.15) is 0 Å². The molecule has 1 unspecified atom stereocenters. The van der Waals surface area contributed by atoms with Crippen molar-refractivity contribution < 1.29 is 14.0 Å². The molecule has 0 radical (unpaired) electrons. The molecule has 1 heterocycles. The van der Waals surface area contributed by atoms with Crippen LogP contribution in [0.15, 0.2) is 23.0 Å². The van der Waals surface area contributed by atoms with Gasteiger partial charge in [0.1, 0.15) is 12.3 Å². The second-order valence-corrected chi connectivity index (χ2v) is 5.76. The summed E-state index contributed by atoms with van der Waals surface area (Å²) in [6, 6.07) is 1.28. The average molecular weight is 292 g/mol. The van der Waals surface area contributed by atoms with E-state index in [2.05, 4.69) is 10.6 Å². The Morgan fingerprint density at radius 2 is 1.86 bits per heavy atom. The Bertz CT molecular complexity index is 448. The summed E-state index contributed by atoms with van der Waals surface area (Å²) in [7, 11) is 0. The Balaban J connectivity index is 1.79. The van der Waals surface area contributed by atoms with Crippen LogP contribution in [0, 0.1) is 0 Å². The summed E-state index contributed by atoms with van der Waals surface area (Å²) < 4.78 is 4.86. The van der Waals surface area contributed by atoms with E-state index in [-0.39, 0.29) is 17.9 Å². The lowest BCUT2D eigenvalue weighted by Crippen LogP contribution is -2.48. The number of amides is 2. The fourth-order valence-corrected chi connectivity index (χ4v) is 2.67. The highest BCUT2D eigenvalue weighted by atomic mass is 16.3. The summed E-state index contributed by atoms with van der Waals surface area (Å²) in [4.78, 5) is 24.0. The summed E-state index contributed by atoms with van der Waals surface area (Å²) in [6.45, 7) is 1.70. The fourth-order valence-electron chi connectivity index (χ4n) is 2.67. The first-order valence-electron chi connectivity index (χ1n) is 7.80. The lowest BCUT2D eigenvalue weighted by Gasteiger charge is -2.23. The molecule has 0 saturated heterocycles. The standard InChI is InChI=1S/C16H24N2O3/c1-12(17-16(20)13-9-10-21-11-13)15(19)18-14-7-5-3-2-4-6-8-14/h9-12,14H,2-8H2,1H3,(H,17,20)(H,18,19). The van der Waals surface area contributed by atoms with Gasteiger partial charge in [0.15, 0.2) is 0 Å². The molecular weight excluding hydrogens is 268 g/mol. The summed E-state index contributed by atoms with van der Waals surface area (Å²) in [5, 5.41) is 5.75. The first-order valence-corrected chi connectivity index (χ1v) is 7.80. The van der Waals surface area contributed by atoms with Crippen molar-refractivity contribution >= 4 is 11.8 Å². The Hall–Kier alpha value is -1.78. The maximum Gasteiger partial charge on any atom is 0.255 e. The third kappa shape index (κ3) is 4.92. The molecule has 5 nitrogen and oxygen atoms in total. The summed E-state index contributed by atoms with van der Waals surface area (Å²) in [5.74, 6) is -0.401. The lowest BCUT2D eigenvalue weighted by atomic mass is 9.96. The minimum atomic E-state index is -0.544. The molecule has 116 valence electrons. The van der Waals surface area contributed by atoms with Crippen molar-refractivity contribution in [1.29, 1.82) is 0 Å². The highest BCUT2D eigenvalue weighted by Gasteiger charge is 2.20. The first-order chi connectivity index (χ1) is 10.2. The van der Waals surface area contributed by atoms with E-state index in [0.29, 0.717) is 5.56 Å². The molecule has 2 amide bonds. The minimum absolute atomic E-state index is 0.114. The van der Waals surface area contributed by atoms with Crippen molar-refractivity contribution in [3.05, 3.63) is 24.2 Å². The molecule has 1 fully saturated rings. The molecule has 1 saturated carbocycles. The van der Waals surface area contributed by atoms with Crippen LogP contribution in [-0.2, 0) is 4.79 Å². The van der Waals surface area contributed by atoms with Crippen LogP contribution < -0.4 is 10.6 Å². The van der Waals surface area contributed by atoms with Crippen molar-refractivity contribution in [2.75, 3.05) is 0 Å². The third-order valence-electron chi connectivity index (χ3n) is 3.98. The number of rotatable bonds is 4. The first kappa shape index (κ1) is 15.6. The molecule has 0 aromatic carbocycles. The van der Waals surface area contributed by atoms with E-state index in [1.54, 1.807) is 13.0 Å². The second kappa shape index (κ2) is 7.86. The van der Waals surface area contributed by atoms with E-state index in [0.717, 1.165) is 12.8 Å². The van der Waals surface area contributed by atoms with Gasteiger partial charge in [-0.15, -0.1) is 0 Å². The summed E-state index contributed by atoms with van der Waals surface area (Å²) >= 11 is 0. The molecule has 21 heavy (non-hydrogen) atoms. The summed E-state index contributed by atoms with van der Waals surface area (Å²) in [5.41, 5.74) is 0.431. The van der Waals surface area contributed by atoms with Crippen LogP contribution in [0.4, 0.5) is 0 Å². The molecule has 1 aliphatic carbocycles. The molecule has 0 spiro atoms. The monoisotopic (exact) mass is 292 g/mol. The number of carbonyl (C=O) groups is 2. The molecule has 1 aromatic rings. The van der Waals surface area contributed by atoms with Crippen molar-refractivity contribution in [3.63, 3.8) is 0 Å². The highest BCUT2D eigenvalue weighted by molar-refractivity contribution is 5.97. The van der Waals surface area contributed by atoms with E-state index >= 15 is 0 Å². The maximum atomic E-state index is 12.2. The van der Waals surface area contributed by atoms with Gasteiger partial charge in [-0.25, -0.2) is 0 Å². The van der Waals surface area contributed by atoms with Crippen LogP contribution in [-0.4, -0.2) is 23.9 Å².